The van der Waals surface area contributed by atoms with E-state index >= 15 is 0 Å². The van der Waals surface area contributed by atoms with Crippen LogP contribution < -0.4 is 5.73 Å². The topological polar surface area (TPSA) is 26.0 Å². The Hall–Kier alpha value is -0.470. The zero-order valence-corrected chi connectivity index (χ0v) is 12.8. The molecule has 0 unspecified atom stereocenters. The SMILES string of the molecule is Cc1cccc(SC2(CN)CC3(CCCCC3)C2)c1. The molecule has 1 aromatic rings. The van der Waals surface area contributed by atoms with Gasteiger partial charge in [-0.15, -0.1) is 11.8 Å². The third-order valence-corrected chi connectivity index (χ3v) is 6.38. The molecule has 0 atom stereocenters. The summed E-state index contributed by atoms with van der Waals surface area (Å²) in [5.74, 6) is 0. The number of aryl methyl sites for hydroxylation is 1. The fourth-order valence-electron chi connectivity index (χ4n) is 4.16. The summed E-state index contributed by atoms with van der Waals surface area (Å²) in [7, 11) is 0. The number of rotatable bonds is 3. The summed E-state index contributed by atoms with van der Waals surface area (Å²) in [5.41, 5.74) is 8.14. The minimum atomic E-state index is 0.325. The van der Waals surface area contributed by atoms with Crippen LogP contribution in [0.5, 0.6) is 0 Å². The summed E-state index contributed by atoms with van der Waals surface area (Å²) < 4.78 is 0.325. The molecule has 19 heavy (non-hydrogen) atoms. The molecule has 0 radical (unpaired) electrons. The van der Waals surface area contributed by atoms with E-state index in [0.29, 0.717) is 10.2 Å². The number of hydrogen-bond donors (Lipinski definition) is 1. The van der Waals surface area contributed by atoms with E-state index in [0.717, 1.165) is 6.54 Å². The molecule has 2 aliphatic carbocycles. The predicted molar refractivity (Wildman–Crippen MR) is 83.6 cm³/mol. The Morgan fingerprint density at radius 2 is 1.89 bits per heavy atom. The van der Waals surface area contributed by atoms with Crippen molar-refractivity contribution < 1.29 is 0 Å². The monoisotopic (exact) mass is 275 g/mol. The Balaban J connectivity index is 1.69. The number of benzene rings is 1. The van der Waals surface area contributed by atoms with E-state index in [-0.39, 0.29) is 0 Å². The van der Waals surface area contributed by atoms with E-state index in [1.807, 2.05) is 11.8 Å². The summed E-state index contributed by atoms with van der Waals surface area (Å²) in [6.07, 6.45) is 9.91. The van der Waals surface area contributed by atoms with Gasteiger partial charge in [-0.05, 0) is 50.2 Å². The maximum atomic E-state index is 6.12. The van der Waals surface area contributed by atoms with Gasteiger partial charge in [0.25, 0.3) is 0 Å². The average molecular weight is 275 g/mol. The molecule has 0 heterocycles. The van der Waals surface area contributed by atoms with E-state index in [2.05, 4.69) is 31.2 Å². The number of nitrogens with two attached hydrogens (primary N) is 1. The molecule has 1 nitrogen and oxygen atoms in total. The maximum absolute atomic E-state index is 6.12. The first-order valence-corrected chi connectivity index (χ1v) is 8.43. The molecule has 0 saturated heterocycles. The number of hydrogen-bond acceptors (Lipinski definition) is 2. The smallest absolute Gasteiger partial charge is 0.0339 e. The molecule has 0 amide bonds. The Kier molecular flexibility index (Phi) is 3.65. The van der Waals surface area contributed by atoms with Crippen LogP contribution in [0.3, 0.4) is 0 Å². The van der Waals surface area contributed by atoms with Gasteiger partial charge in [0, 0.05) is 16.2 Å². The molecular formula is C17H25NS. The minimum absolute atomic E-state index is 0.325. The highest BCUT2D eigenvalue weighted by Crippen LogP contribution is 2.62. The molecule has 0 aromatic heterocycles. The lowest BCUT2D eigenvalue weighted by atomic mass is 9.55. The lowest BCUT2D eigenvalue weighted by Gasteiger charge is -2.57. The summed E-state index contributed by atoms with van der Waals surface area (Å²) >= 11 is 2.03. The fraction of sp³-hybridized carbons (Fsp3) is 0.647. The third kappa shape index (κ3) is 2.71. The van der Waals surface area contributed by atoms with Crippen molar-refractivity contribution in [1.29, 1.82) is 0 Å². The summed E-state index contributed by atoms with van der Waals surface area (Å²) in [6, 6.07) is 8.87. The second-order valence-corrected chi connectivity index (χ2v) is 8.26. The molecule has 2 saturated carbocycles. The lowest BCUT2D eigenvalue weighted by Crippen LogP contribution is -2.54. The van der Waals surface area contributed by atoms with E-state index in [9.17, 15) is 0 Å². The molecule has 1 aromatic carbocycles. The molecule has 3 rings (SSSR count). The van der Waals surface area contributed by atoms with Crippen molar-refractivity contribution >= 4 is 11.8 Å². The zero-order valence-electron chi connectivity index (χ0n) is 12.0. The Morgan fingerprint density at radius 3 is 2.53 bits per heavy atom. The van der Waals surface area contributed by atoms with Crippen LogP contribution >= 0.6 is 11.8 Å². The standard InChI is InChI=1S/C17H25NS/c1-14-6-5-7-15(10-14)19-17(13-18)11-16(12-17)8-3-2-4-9-16/h5-7,10H,2-4,8-9,11-13,18H2,1H3. The summed E-state index contributed by atoms with van der Waals surface area (Å²) in [5, 5.41) is 0. The van der Waals surface area contributed by atoms with Gasteiger partial charge in [0.2, 0.25) is 0 Å². The van der Waals surface area contributed by atoms with Crippen LogP contribution in [0, 0.1) is 12.3 Å². The first kappa shape index (κ1) is 13.5. The van der Waals surface area contributed by atoms with Gasteiger partial charge in [-0.2, -0.15) is 0 Å². The average Bonchev–Trinajstić information content (AvgIpc) is 2.38. The molecular weight excluding hydrogens is 250 g/mol. The molecule has 104 valence electrons. The molecule has 0 aliphatic heterocycles. The molecule has 2 fully saturated rings. The highest BCUT2D eigenvalue weighted by atomic mass is 32.2. The van der Waals surface area contributed by atoms with Crippen molar-refractivity contribution in [3.05, 3.63) is 29.8 Å². The van der Waals surface area contributed by atoms with Gasteiger partial charge >= 0.3 is 0 Å². The quantitative estimate of drug-likeness (QED) is 0.877. The van der Waals surface area contributed by atoms with Crippen LogP contribution in [0.15, 0.2) is 29.2 Å². The van der Waals surface area contributed by atoms with Crippen molar-refractivity contribution in [3.8, 4) is 0 Å². The molecule has 2 N–H and O–H groups in total. The van der Waals surface area contributed by atoms with Gasteiger partial charge in [0.15, 0.2) is 0 Å². The maximum Gasteiger partial charge on any atom is 0.0339 e. The van der Waals surface area contributed by atoms with E-state index in [4.69, 9.17) is 5.73 Å². The van der Waals surface area contributed by atoms with Crippen molar-refractivity contribution in [3.63, 3.8) is 0 Å². The van der Waals surface area contributed by atoms with E-state index in [1.54, 1.807) is 0 Å². The van der Waals surface area contributed by atoms with Gasteiger partial charge in [0.1, 0.15) is 0 Å². The van der Waals surface area contributed by atoms with Crippen molar-refractivity contribution in [2.45, 2.75) is 61.5 Å². The van der Waals surface area contributed by atoms with Gasteiger partial charge in [-0.25, -0.2) is 0 Å². The van der Waals surface area contributed by atoms with Crippen LogP contribution in [0.4, 0.5) is 0 Å². The van der Waals surface area contributed by atoms with Crippen LogP contribution in [-0.2, 0) is 0 Å². The van der Waals surface area contributed by atoms with E-state index in [1.165, 1.54) is 55.4 Å². The van der Waals surface area contributed by atoms with Gasteiger partial charge in [-0.1, -0.05) is 37.0 Å². The third-order valence-electron chi connectivity index (χ3n) is 5.00. The number of thioether (sulfide) groups is 1. The first-order valence-electron chi connectivity index (χ1n) is 7.61. The summed E-state index contributed by atoms with van der Waals surface area (Å²) in [4.78, 5) is 1.40. The Bertz CT molecular complexity index is 440. The largest absolute Gasteiger partial charge is 0.329 e. The fourth-order valence-corrected chi connectivity index (χ4v) is 5.89. The highest BCUT2D eigenvalue weighted by Gasteiger charge is 2.53. The molecule has 2 heteroatoms. The Labute approximate surface area is 121 Å². The summed E-state index contributed by atoms with van der Waals surface area (Å²) in [6.45, 7) is 3.00. The molecule has 2 aliphatic rings. The van der Waals surface area contributed by atoms with Gasteiger partial charge in [-0.3, -0.25) is 0 Å². The van der Waals surface area contributed by atoms with Crippen LogP contribution in [0.25, 0.3) is 0 Å². The normalized spacial score (nSPS) is 24.1. The van der Waals surface area contributed by atoms with Crippen LogP contribution in [0.2, 0.25) is 0 Å². The van der Waals surface area contributed by atoms with Gasteiger partial charge < -0.3 is 5.73 Å². The van der Waals surface area contributed by atoms with Crippen molar-refractivity contribution in [1.82, 2.24) is 0 Å². The second kappa shape index (κ2) is 5.14. The predicted octanol–water partition coefficient (Wildman–Crippen LogP) is 4.53. The van der Waals surface area contributed by atoms with Crippen molar-refractivity contribution in [2.75, 3.05) is 6.54 Å². The second-order valence-electron chi connectivity index (χ2n) is 6.72. The lowest BCUT2D eigenvalue weighted by molar-refractivity contribution is 0.0402. The first-order chi connectivity index (χ1) is 9.15. The van der Waals surface area contributed by atoms with Crippen molar-refractivity contribution in [2.24, 2.45) is 11.1 Å². The van der Waals surface area contributed by atoms with E-state index < -0.39 is 0 Å². The highest BCUT2D eigenvalue weighted by molar-refractivity contribution is 8.00. The van der Waals surface area contributed by atoms with Crippen LogP contribution in [-0.4, -0.2) is 11.3 Å². The minimum Gasteiger partial charge on any atom is -0.329 e. The Morgan fingerprint density at radius 1 is 1.16 bits per heavy atom. The van der Waals surface area contributed by atoms with Gasteiger partial charge in [0.05, 0.1) is 0 Å². The van der Waals surface area contributed by atoms with Crippen LogP contribution in [0.1, 0.15) is 50.5 Å². The zero-order chi connectivity index (χ0) is 13.3. The molecule has 1 spiro atoms. The molecule has 0 bridgehead atoms.